The lowest BCUT2D eigenvalue weighted by atomic mass is 10.1. The Labute approximate surface area is 133 Å². The topological polar surface area (TPSA) is 49.9 Å². The molecule has 0 atom stereocenters. The molecule has 0 bridgehead atoms. The van der Waals surface area contributed by atoms with Crippen LogP contribution in [0.5, 0.6) is 0 Å². The Bertz CT molecular complexity index is 586. The number of halogens is 2. The molecule has 1 aliphatic rings. The predicted octanol–water partition coefficient (Wildman–Crippen LogP) is 2.66. The van der Waals surface area contributed by atoms with E-state index in [-0.39, 0.29) is 18.7 Å². The van der Waals surface area contributed by atoms with Crippen LogP contribution in [0.25, 0.3) is 0 Å². The first-order chi connectivity index (χ1) is 10.7. The summed E-state index contributed by atoms with van der Waals surface area (Å²) >= 11 is 0. The smallest absolute Gasteiger partial charge is 0.410 e. The molecule has 0 aromatic heterocycles. The summed E-state index contributed by atoms with van der Waals surface area (Å²) < 4.78 is 31.7. The van der Waals surface area contributed by atoms with Crippen LogP contribution in [0, 0.1) is 11.6 Å². The number of hydrogen-bond donors (Lipinski definition) is 0. The summed E-state index contributed by atoms with van der Waals surface area (Å²) in [5.41, 5.74) is -0.614. The fourth-order valence-electron chi connectivity index (χ4n) is 2.28. The SMILES string of the molecule is CC(C)(C)OC(=O)N1CCN(C(=O)c2cc(F)cc(F)c2)CC1. The molecule has 1 aromatic carbocycles. The van der Waals surface area contributed by atoms with E-state index in [4.69, 9.17) is 4.74 Å². The molecule has 1 fully saturated rings. The van der Waals surface area contributed by atoms with E-state index in [1.165, 1.54) is 9.80 Å². The van der Waals surface area contributed by atoms with Crippen molar-refractivity contribution >= 4 is 12.0 Å². The van der Waals surface area contributed by atoms with Gasteiger partial charge in [0.1, 0.15) is 17.2 Å². The molecule has 0 spiro atoms. The van der Waals surface area contributed by atoms with Gasteiger partial charge in [0.05, 0.1) is 0 Å². The van der Waals surface area contributed by atoms with Gasteiger partial charge in [0, 0.05) is 37.8 Å². The van der Waals surface area contributed by atoms with Gasteiger partial charge in [-0.25, -0.2) is 13.6 Å². The first-order valence-corrected chi connectivity index (χ1v) is 7.39. The molecule has 0 unspecified atom stereocenters. The van der Waals surface area contributed by atoms with Crippen molar-refractivity contribution < 1.29 is 23.1 Å². The molecule has 2 rings (SSSR count). The van der Waals surface area contributed by atoms with Gasteiger partial charge in [-0.2, -0.15) is 0 Å². The highest BCUT2D eigenvalue weighted by molar-refractivity contribution is 5.94. The maximum Gasteiger partial charge on any atom is 0.410 e. The van der Waals surface area contributed by atoms with Crippen molar-refractivity contribution in [3.63, 3.8) is 0 Å². The number of nitrogens with zero attached hydrogens (tertiary/aromatic N) is 2. The van der Waals surface area contributed by atoms with Crippen LogP contribution in [-0.4, -0.2) is 53.6 Å². The van der Waals surface area contributed by atoms with Crippen LogP contribution < -0.4 is 0 Å². The summed E-state index contributed by atoms with van der Waals surface area (Å²) in [6, 6.07) is 2.73. The van der Waals surface area contributed by atoms with Crippen LogP contribution in [0.4, 0.5) is 13.6 Å². The molecule has 1 heterocycles. The average Bonchev–Trinajstić information content (AvgIpc) is 2.44. The van der Waals surface area contributed by atoms with Crippen LogP contribution in [0.2, 0.25) is 0 Å². The van der Waals surface area contributed by atoms with E-state index in [1.54, 1.807) is 20.8 Å². The summed E-state index contributed by atoms with van der Waals surface area (Å²) in [4.78, 5) is 27.2. The van der Waals surface area contributed by atoms with Gasteiger partial charge in [0.2, 0.25) is 0 Å². The molecular formula is C16H20F2N2O3. The Balaban J connectivity index is 1.96. The minimum absolute atomic E-state index is 0.0341. The van der Waals surface area contributed by atoms with Gasteiger partial charge in [-0.15, -0.1) is 0 Å². The third-order valence-corrected chi connectivity index (χ3v) is 3.33. The first kappa shape index (κ1) is 17.2. The lowest BCUT2D eigenvalue weighted by Crippen LogP contribution is -2.51. The van der Waals surface area contributed by atoms with E-state index in [0.717, 1.165) is 18.2 Å². The Morgan fingerprint density at radius 2 is 1.43 bits per heavy atom. The summed E-state index contributed by atoms with van der Waals surface area (Å²) in [5, 5.41) is 0. The zero-order valence-corrected chi connectivity index (χ0v) is 13.4. The largest absolute Gasteiger partial charge is 0.444 e. The summed E-state index contributed by atoms with van der Waals surface area (Å²) in [6.45, 7) is 6.55. The number of amides is 2. The molecule has 1 saturated heterocycles. The van der Waals surface area contributed by atoms with E-state index in [0.29, 0.717) is 13.1 Å². The van der Waals surface area contributed by atoms with E-state index in [9.17, 15) is 18.4 Å². The lowest BCUT2D eigenvalue weighted by Gasteiger charge is -2.35. The lowest BCUT2D eigenvalue weighted by molar-refractivity contribution is 0.0141. The Hall–Kier alpha value is -2.18. The van der Waals surface area contributed by atoms with Gasteiger partial charge in [-0.3, -0.25) is 4.79 Å². The zero-order valence-electron chi connectivity index (χ0n) is 13.4. The molecule has 0 radical (unpaired) electrons. The number of ether oxygens (including phenoxy) is 1. The van der Waals surface area contributed by atoms with Crippen LogP contribution >= 0.6 is 0 Å². The molecule has 1 aliphatic heterocycles. The Morgan fingerprint density at radius 1 is 0.957 bits per heavy atom. The molecular weight excluding hydrogens is 306 g/mol. The maximum absolute atomic E-state index is 13.2. The Kier molecular flexibility index (Phi) is 4.87. The molecule has 5 nitrogen and oxygen atoms in total. The van der Waals surface area contributed by atoms with Crippen molar-refractivity contribution in [3.05, 3.63) is 35.4 Å². The second kappa shape index (κ2) is 6.52. The number of benzene rings is 1. The molecule has 7 heteroatoms. The zero-order chi connectivity index (χ0) is 17.2. The number of hydrogen-bond acceptors (Lipinski definition) is 3. The van der Waals surface area contributed by atoms with Crippen LogP contribution in [-0.2, 0) is 4.74 Å². The van der Waals surface area contributed by atoms with E-state index < -0.39 is 29.2 Å². The number of carbonyl (C=O) groups excluding carboxylic acids is 2. The highest BCUT2D eigenvalue weighted by atomic mass is 19.1. The van der Waals surface area contributed by atoms with Crippen molar-refractivity contribution in [1.29, 1.82) is 0 Å². The summed E-state index contributed by atoms with van der Waals surface area (Å²) in [5.74, 6) is -2.03. The van der Waals surface area contributed by atoms with Crippen LogP contribution in [0.15, 0.2) is 18.2 Å². The summed E-state index contributed by atoms with van der Waals surface area (Å²) in [7, 11) is 0. The van der Waals surface area contributed by atoms with Crippen molar-refractivity contribution in [1.82, 2.24) is 9.80 Å². The van der Waals surface area contributed by atoms with Crippen molar-refractivity contribution in [2.24, 2.45) is 0 Å². The third kappa shape index (κ3) is 4.64. The second-order valence-corrected chi connectivity index (χ2v) is 6.42. The number of carbonyl (C=O) groups is 2. The van der Waals surface area contributed by atoms with Crippen molar-refractivity contribution in [2.75, 3.05) is 26.2 Å². The second-order valence-electron chi connectivity index (χ2n) is 6.42. The predicted molar refractivity (Wildman–Crippen MR) is 80.1 cm³/mol. The van der Waals surface area contributed by atoms with Crippen molar-refractivity contribution in [2.45, 2.75) is 26.4 Å². The normalized spacial score (nSPS) is 15.5. The molecule has 23 heavy (non-hydrogen) atoms. The summed E-state index contributed by atoms with van der Waals surface area (Å²) in [6.07, 6.45) is -0.429. The molecule has 2 amide bonds. The molecule has 0 saturated carbocycles. The molecule has 1 aromatic rings. The fourth-order valence-corrected chi connectivity index (χ4v) is 2.28. The van der Waals surface area contributed by atoms with Gasteiger partial charge in [0.25, 0.3) is 5.91 Å². The molecule has 126 valence electrons. The quantitative estimate of drug-likeness (QED) is 0.797. The highest BCUT2D eigenvalue weighted by Crippen LogP contribution is 2.15. The maximum atomic E-state index is 13.2. The van der Waals surface area contributed by atoms with E-state index in [2.05, 4.69) is 0 Å². The Morgan fingerprint density at radius 3 is 1.91 bits per heavy atom. The van der Waals surface area contributed by atoms with Gasteiger partial charge < -0.3 is 14.5 Å². The van der Waals surface area contributed by atoms with Crippen LogP contribution in [0.1, 0.15) is 31.1 Å². The number of rotatable bonds is 1. The van der Waals surface area contributed by atoms with E-state index in [1.807, 2.05) is 0 Å². The van der Waals surface area contributed by atoms with Gasteiger partial charge in [-0.05, 0) is 32.9 Å². The first-order valence-electron chi connectivity index (χ1n) is 7.39. The number of piperazine rings is 1. The van der Waals surface area contributed by atoms with Crippen LogP contribution in [0.3, 0.4) is 0 Å². The standard InChI is InChI=1S/C16H20F2N2O3/c1-16(2,3)23-15(22)20-6-4-19(5-7-20)14(21)11-8-12(17)10-13(18)9-11/h8-10H,4-7H2,1-3H3. The molecule has 0 aliphatic carbocycles. The third-order valence-electron chi connectivity index (χ3n) is 3.33. The fraction of sp³-hybridized carbons (Fsp3) is 0.500. The van der Waals surface area contributed by atoms with Crippen molar-refractivity contribution in [3.8, 4) is 0 Å². The highest BCUT2D eigenvalue weighted by Gasteiger charge is 2.28. The van der Waals surface area contributed by atoms with Gasteiger partial charge in [0.15, 0.2) is 0 Å². The molecule has 0 N–H and O–H groups in total. The average molecular weight is 326 g/mol. The van der Waals surface area contributed by atoms with E-state index >= 15 is 0 Å². The van der Waals surface area contributed by atoms with Gasteiger partial charge in [-0.1, -0.05) is 0 Å². The minimum Gasteiger partial charge on any atom is -0.444 e. The monoisotopic (exact) mass is 326 g/mol. The minimum atomic E-state index is -0.791. The van der Waals surface area contributed by atoms with Gasteiger partial charge >= 0.3 is 6.09 Å².